The van der Waals surface area contributed by atoms with Gasteiger partial charge in [-0.05, 0) is 32.0 Å². The van der Waals surface area contributed by atoms with Crippen LogP contribution in [-0.2, 0) is 6.54 Å². The Morgan fingerprint density at radius 2 is 2.11 bits per heavy atom. The Balaban J connectivity index is 1.97. The summed E-state index contributed by atoms with van der Waals surface area (Å²) in [6.45, 7) is 5.17. The molecule has 0 fully saturated rings. The molecular weight excluding hydrogens is 226 g/mol. The maximum absolute atomic E-state index is 8.93. The van der Waals surface area contributed by atoms with E-state index >= 15 is 0 Å². The summed E-state index contributed by atoms with van der Waals surface area (Å²) in [6.07, 6.45) is 0. The summed E-state index contributed by atoms with van der Waals surface area (Å²) in [7, 11) is 0. The Kier molecular flexibility index (Phi) is 3.63. The molecule has 92 valence electrons. The lowest BCUT2D eigenvalue weighted by Gasteiger charge is -2.08. The van der Waals surface area contributed by atoms with Gasteiger partial charge in [-0.25, -0.2) is 0 Å². The van der Waals surface area contributed by atoms with Gasteiger partial charge in [0, 0.05) is 5.69 Å². The number of aryl methyl sites for hydroxylation is 2. The Morgan fingerprint density at radius 3 is 2.78 bits per heavy atom. The second-order valence-electron chi connectivity index (χ2n) is 4.11. The zero-order chi connectivity index (χ0) is 13.0. The molecule has 2 rings (SSSR count). The summed E-state index contributed by atoms with van der Waals surface area (Å²) in [5.41, 5.74) is 2.68. The predicted molar refractivity (Wildman–Crippen MR) is 68.4 cm³/mol. The molecule has 18 heavy (non-hydrogen) atoms. The highest BCUT2D eigenvalue weighted by atomic mass is 16.5. The normalized spacial score (nSPS) is 10.1. The fraction of sp³-hybridized carbons (Fsp3) is 0.286. The van der Waals surface area contributed by atoms with Crippen LogP contribution in [0.2, 0.25) is 0 Å². The smallest absolute Gasteiger partial charge is 0.137 e. The number of ether oxygens (including phenoxy) is 1. The standard InChI is InChI=1S/C14H15N3O/c1-11-9-12(2)17(16-11)7-8-18-14-6-4-3-5-13(14)10-15/h3-6,9H,7-8H2,1-2H3. The highest BCUT2D eigenvalue weighted by Gasteiger charge is 2.03. The highest BCUT2D eigenvalue weighted by molar-refractivity contribution is 5.42. The molecule has 2 aromatic rings. The fourth-order valence-electron chi connectivity index (χ4n) is 1.83. The maximum Gasteiger partial charge on any atom is 0.137 e. The average Bonchev–Trinajstić information content (AvgIpc) is 2.68. The number of benzene rings is 1. The van der Waals surface area contributed by atoms with E-state index in [-0.39, 0.29) is 0 Å². The van der Waals surface area contributed by atoms with Crippen LogP contribution in [0.5, 0.6) is 5.75 Å². The minimum absolute atomic E-state index is 0.501. The molecule has 1 aromatic heterocycles. The van der Waals surface area contributed by atoms with E-state index in [0.29, 0.717) is 24.5 Å². The zero-order valence-electron chi connectivity index (χ0n) is 10.6. The molecule has 0 spiro atoms. The third-order valence-electron chi connectivity index (χ3n) is 2.67. The van der Waals surface area contributed by atoms with Crippen molar-refractivity contribution in [1.29, 1.82) is 5.26 Å². The summed E-state index contributed by atoms with van der Waals surface area (Å²) in [5, 5.41) is 13.3. The lowest BCUT2D eigenvalue weighted by atomic mass is 10.2. The molecule has 0 saturated carbocycles. The SMILES string of the molecule is Cc1cc(C)n(CCOc2ccccc2C#N)n1. The molecule has 0 amide bonds. The van der Waals surface area contributed by atoms with Gasteiger partial charge in [0.05, 0.1) is 17.8 Å². The van der Waals surface area contributed by atoms with E-state index in [1.165, 1.54) is 0 Å². The van der Waals surface area contributed by atoms with Crippen molar-refractivity contribution >= 4 is 0 Å². The maximum atomic E-state index is 8.93. The van der Waals surface area contributed by atoms with Crippen molar-refractivity contribution in [3.63, 3.8) is 0 Å². The average molecular weight is 241 g/mol. The van der Waals surface area contributed by atoms with E-state index in [1.54, 1.807) is 12.1 Å². The molecule has 0 N–H and O–H groups in total. The van der Waals surface area contributed by atoms with Crippen LogP contribution >= 0.6 is 0 Å². The molecule has 0 saturated heterocycles. The van der Waals surface area contributed by atoms with Crippen LogP contribution in [0, 0.1) is 25.2 Å². The lowest BCUT2D eigenvalue weighted by molar-refractivity contribution is 0.289. The first-order valence-electron chi connectivity index (χ1n) is 5.83. The van der Waals surface area contributed by atoms with Crippen LogP contribution in [0.1, 0.15) is 17.0 Å². The third-order valence-corrected chi connectivity index (χ3v) is 2.67. The molecule has 1 aromatic carbocycles. The van der Waals surface area contributed by atoms with Crippen LogP contribution < -0.4 is 4.74 Å². The van der Waals surface area contributed by atoms with Gasteiger partial charge in [-0.15, -0.1) is 0 Å². The number of aromatic nitrogens is 2. The van der Waals surface area contributed by atoms with Gasteiger partial charge >= 0.3 is 0 Å². The van der Waals surface area contributed by atoms with Gasteiger partial charge in [0.25, 0.3) is 0 Å². The van der Waals surface area contributed by atoms with Crippen molar-refractivity contribution < 1.29 is 4.74 Å². The lowest BCUT2D eigenvalue weighted by Crippen LogP contribution is -2.11. The number of hydrogen-bond donors (Lipinski definition) is 0. The number of rotatable bonds is 4. The van der Waals surface area contributed by atoms with Crippen molar-refractivity contribution in [2.45, 2.75) is 20.4 Å². The molecule has 0 unspecified atom stereocenters. The Bertz CT molecular complexity index is 581. The van der Waals surface area contributed by atoms with Gasteiger partial charge in [-0.2, -0.15) is 10.4 Å². The molecule has 4 heteroatoms. The quantitative estimate of drug-likeness (QED) is 0.826. The van der Waals surface area contributed by atoms with Gasteiger partial charge in [0.1, 0.15) is 18.4 Å². The van der Waals surface area contributed by atoms with Gasteiger partial charge in [0.15, 0.2) is 0 Å². The summed E-state index contributed by atoms with van der Waals surface area (Å²) in [4.78, 5) is 0. The minimum atomic E-state index is 0.501. The third kappa shape index (κ3) is 2.69. The first-order chi connectivity index (χ1) is 8.70. The fourth-order valence-corrected chi connectivity index (χ4v) is 1.83. The second kappa shape index (κ2) is 5.37. The van der Waals surface area contributed by atoms with Crippen molar-refractivity contribution in [2.75, 3.05) is 6.61 Å². The Morgan fingerprint density at radius 1 is 1.33 bits per heavy atom. The summed E-state index contributed by atoms with van der Waals surface area (Å²) in [6, 6.07) is 11.4. The summed E-state index contributed by atoms with van der Waals surface area (Å²) in [5.74, 6) is 0.626. The monoisotopic (exact) mass is 241 g/mol. The first kappa shape index (κ1) is 12.2. The van der Waals surface area contributed by atoms with Gasteiger partial charge in [0.2, 0.25) is 0 Å². The molecule has 0 aliphatic carbocycles. The Labute approximate surface area is 106 Å². The van der Waals surface area contributed by atoms with E-state index in [1.807, 2.05) is 36.7 Å². The molecule has 0 radical (unpaired) electrons. The molecule has 0 bridgehead atoms. The largest absolute Gasteiger partial charge is 0.490 e. The molecule has 0 aliphatic rings. The zero-order valence-corrected chi connectivity index (χ0v) is 10.6. The van der Waals surface area contributed by atoms with Gasteiger partial charge in [-0.3, -0.25) is 4.68 Å². The molecule has 0 aliphatic heterocycles. The van der Waals surface area contributed by atoms with E-state index < -0.39 is 0 Å². The molecule has 4 nitrogen and oxygen atoms in total. The van der Waals surface area contributed by atoms with E-state index in [9.17, 15) is 0 Å². The van der Waals surface area contributed by atoms with Crippen LogP contribution in [0.15, 0.2) is 30.3 Å². The van der Waals surface area contributed by atoms with Gasteiger partial charge in [-0.1, -0.05) is 12.1 Å². The van der Waals surface area contributed by atoms with E-state index in [4.69, 9.17) is 10.00 Å². The van der Waals surface area contributed by atoms with Crippen LogP contribution in [-0.4, -0.2) is 16.4 Å². The van der Waals surface area contributed by atoms with Crippen molar-refractivity contribution in [3.05, 3.63) is 47.3 Å². The molecule has 1 heterocycles. The summed E-state index contributed by atoms with van der Waals surface area (Å²) >= 11 is 0. The van der Waals surface area contributed by atoms with Crippen LogP contribution in [0.4, 0.5) is 0 Å². The molecule has 0 atom stereocenters. The summed E-state index contributed by atoms with van der Waals surface area (Å²) < 4.78 is 7.52. The topological polar surface area (TPSA) is 50.8 Å². The number of para-hydroxylation sites is 1. The van der Waals surface area contributed by atoms with Crippen LogP contribution in [0.3, 0.4) is 0 Å². The second-order valence-corrected chi connectivity index (χ2v) is 4.11. The number of nitrogens with zero attached hydrogens (tertiary/aromatic N) is 3. The van der Waals surface area contributed by atoms with Crippen LogP contribution in [0.25, 0.3) is 0 Å². The van der Waals surface area contributed by atoms with E-state index in [0.717, 1.165) is 11.4 Å². The number of hydrogen-bond acceptors (Lipinski definition) is 3. The highest BCUT2D eigenvalue weighted by Crippen LogP contribution is 2.16. The number of nitriles is 1. The van der Waals surface area contributed by atoms with E-state index in [2.05, 4.69) is 11.2 Å². The van der Waals surface area contributed by atoms with Gasteiger partial charge < -0.3 is 4.74 Å². The van der Waals surface area contributed by atoms with Crippen molar-refractivity contribution in [3.8, 4) is 11.8 Å². The Hall–Kier alpha value is -2.28. The first-order valence-corrected chi connectivity index (χ1v) is 5.83. The molecular formula is C14H15N3O. The minimum Gasteiger partial charge on any atom is -0.490 e. The predicted octanol–water partition coefficient (Wildman–Crippen LogP) is 2.45. The van der Waals surface area contributed by atoms with Crippen molar-refractivity contribution in [2.24, 2.45) is 0 Å². The van der Waals surface area contributed by atoms with Crippen molar-refractivity contribution in [1.82, 2.24) is 9.78 Å².